The van der Waals surface area contributed by atoms with E-state index in [2.05, 4.69) is 0 Å². The van der Waals surface area contributed by atoms with E-state index < -0.39 is 11.6 Å². The van der Waals surface area contributed by atoms with Crippen molar-refractivity contribution >= 4 is 5.97 Å². The predicted octanol–water partition coefficient (Wildman–Crippen LogP) is 1.99. The molecule has 1 heterocycles. The summed E-state index contributed by atoms with van der Waals surface area (Å²) < 4.78 is 18.8. The third kappa shape index (κ3) is 1.79. The van der Waals surface area contributed by atoms with Crippen molar-refractivity contribution in [2.45, 2.75) is 25.4 Å². The third-order valence-corrected chi connectivity index (χ3v) is 2.51. The van der Waals surface area contributed by atoms with Crippen molar-refractivity contribution in [3.8, 4) is 5.75 Å². The molecule has 0 fully saturated rings. The van der Waals surface area contributed by atoms with Crippen LogP contribution in [0, 0.1) is 5.82 Å². The van der Waals surface area contributed by atoms with Crippen LogP contribution < -0.4 is 4.74 Å². The van der Waals surface area contributed by atoms with Gasteiger partial charge in [0, 0.05) is 12.0 Å². The first-order chi connectivity index (χ1) is 7.00. The Bertz CT molecular complexity index is 416. The number of carboxylic acid groups (broad SMARTS) is 1. The van der Waals surface area contributed by atoms with E-state index in [0.29, 0.717) is 17.7 Å². The van der Waals surface area contributed by atoms with Crippen molar-refractivity contribution in [3.63, 3.8) is 0 Å². The van der Waals surface area contributed by atoms with E-state index in [0.717, 1.165) is 0 Å². The quantitative estimate of drug-likeness (QED) is 0.812. The summed E-state index contributed by atoms with van der Waals surface area (Å²) in [5, 5.41) is 8.71. The Kier molecular flexibility index (Phi) is 2.14. The maximum Gasteiger partial charge on any atom is 0.307 e. The molecule has 3 nitrogen and oxygen atoms in total. The van der Waals surface area contributed by atoms with Gasteiger partial charge in [-0.3, -0.25) is 4.79 Å². The van der Waals surface area contributed by atoms with E-state index in [-0.39, 0.29) is 12.2 Å². The van der Waals surface area contributed by atoms with Gasteiger partial charge in [0.15, 0.2) is 0 Å². The molecule has 0 amide bonds. The van der Waals surface area contributed by atoms with Crippen LogP contribution in [0.4, 0.5) is 4.39 Å². The van der Waals surface area contributed by atoms with Crippen molar-refractivity contribution in [1.29, 1.82) is 0 Å². The Balaban J connectivity index is 2.28. The van der Waals surface area contributed by atoms with Crippen LogP contribution in [-0.4, -0.2) is 16.7 Å². The highest BCUT2D eigenvalue weighted by Crippen LogP contribution is 2.37. The fraction of sp³-hybridized carbons (Fsp3) is 0.364. The first-order valence-corrected chi connectivity index (χ1v) is 4.68. The lowest BCUT2D eigenvalue weighted by molar-refractivity contribution is -0.140. The average molecular weight is 210 g/mol. The zero-order chi connectivity index (χ0) is 11.1. The van der Waals surface area contributed by atoms with Gasteiger partial charge in [-0.15, -0.1) is 0 Å². The van der Waals surface area contributed by atoms with Crippen LogP contribution in [0.3, 0.4) is 0 Å². The second-order valence-electron chi connectivity index (χ2n) is 4.02. The molecule has 1 aromatic carbocycles. The number of aliphatic carboxylic acids is 1. The summed E-state index contributed by atoms with van der Waals surface area (Å²) in [5.41, 5.74) is -0.350. The highest BCUT2D eigenvalue weighted by Gasteiger charge is 2.38. The molecule has 1 N–H and O–H groups in total. The van der Waals surface area contributed by atoms with Crippen molar-refractivity contribution in [2.75, 3.05) is 0 Å². The Morgan fingerprint density at radius 2 is 2.40 bits per heavy atom. The van der Waals surface area contributed by atoms with Crippen LogP contribution >= 0.6 is 0 Å². The molecular weight excluding hydrogens is 199 g/mol. The first kappa shape index (κ1) is 9.96. The lowest BCUT2D eigenvalue weighted by Crippen LogP contribution is -2.33. The van der Waals surface area contributed by atoms with Crippen LogP contribution in [0.25, 0.3) is 0 Å². The maximum atomic E-state index is 13.3. The smallest absolute Gasteiger partial charge is 0.307 e. The third-order valence-electron chi connectivity index (χ3n) is 2.51. The summed E-state index contributed by atoms with van der Waals surface area (Å²) in [6.45, 7) is 1.68. The summed E-state index contributed by atoms with van der Waals surface area (Å²) in [6, 6.07) is 4.57. The van der Waals surface area contributed by atoms with Gasteiger partial charge in [-0.05, 0) is 19.1 Å². The van der Waals surface area contributed by atoms with Crippen molar-refractivity contribution in [2.24, 2.45) is 0 Å². The second-order valence-corrected chi connectivity index (χ2v) is 4.02. The zero-order valence-electron chi connectivity index (χ0n) is 8.29. The van der Waals surface area contributed by atoms with Gasteiger partial charge in [0.05, 0.1) is 6.42 Å². The number of fused-ring (bicyclic) bond motifs is 1. The molecule has 4 heteroatoms. The van der Waals surface area contributed by atoms with E-state index in [1.807, 2.05) is 0 Å². The van der Waals surface area contributed by atoms with E-state index in [9.17, 15) is 9.18 Å². The first-order valence-electron chi connectivity index (χ1n) is 4.68. The van der Waals surface area contributed by atoms with Crippen LogP contribution in [0.1, 0.15) is 18.9 Å². The molecule has 1 aliphatic heterocycles. The summed E-state index contributed by atoms with van der Waals surface area (Å²) >= 11 is 0. The minimum atomic E-state index is -0.939. The number of hydrogen-bond acceptors (Lipinski definition) is 2. The standard InChI is InChI=1S/C11H11FO3/c1-11(6-10(13)14)5-7-8(12)3-2-4-9(7)15-11/h2-4H,5-6H2,1H3,(H,13,14). The fourth-order valence-corrected chi connectivity index (χ4v) is 1.90. The van der Waals surface area contributed by atoms with Crippen LogP contribution in [-0.2, 0) is 11.2 Å². The minimum Gasteiger partial charge on any atom is -0.486 e. The summed E-state index contributed by atoms with van der Waals surface area (Å²) in [6.07, 6.45) is 0.183. The predicted molar refractivity (Wildman–Crippen MR) is 51.4 cm³/mol. The Morgan fingerprint density at radius 3 is 3.00 bits per heavy atom. The van der Waals surface area contributed by atoms with Crippen LogP contribution in [0.2, 0.25) is 0 Å². The minimum absolute atomic E-state index is 0.124. The van der Waals surface area contributed by atoms with Gasteiger partial charge in [0.2, 0.25) is 0 Å². The molecule has 0 bridgehead atoms. The number of carboxylic acids is 1. The Labute approximate surface area is 86.5 Å². The molecule has 80 valence electrons. The molecule has 0 spiro atoms. The molecule has 0 radical (unpaired) electrons. The van der Waals surface area contributed by atoms with Gasteiger partial charge in [-0.2, -0.15) is 0 Å². The lowest BCUT2D eigenvalue weighted by atomic mass is 9.96. The molecule has 1 unspecified atom stereocenters. The van der Waals surface area contributed by atoms with Gasteiger partial charge in [-0.1, -0.05) is 6.07 Å². The summed E-state index contributed by atoms with van der Waals surface area (Å²) in [7, 11) is 0. The number of carbonyl (C=O) groups is 1. The van der Waals surface area contributed by atoms with Gasteiger partial charge >= 0.3 is 5.97 Å². The van der Waals surface area contributed by atoms with Crippen molar-refractivity contribution in [1.82, 2.24) is 0 Å². The highest BCUT2D eigenvalue weighted by molar-refractivity contribution is 5.68. The monoisotopic (exact) mass is 210 g/mol. The van der Waals surface area contributed by atoms with Gasteiger partial charge in [0.25, 0.3) is 0 Å². The maximum absolute atomic E-state index is 13.3. The number of hydrogen-bond donors (Lipinski definition) is 1. The fourth-order valence-electron chi connectivity index (χ4n) is 1.90. The van der Waals surface area contributed by atoms with Crippen molar-refractivity contribution < 1.29 is 19.0 Å². The molecule has 1 aromatic rings. The summed E-state index contributed by atoms with van der Waals surface area (Å²) in [5.74, 6) is -0.814. The van der Waals surface area contributed by atoms with Gasteiger partial charge in [-0.25, -0.2) is 4.39 Å². The largest absolute Gasteiger partial charge is 0.486 e. The SMILES string of the molecule is CC1(CC(=O)O)Cc2c(F)cccc2O1. The Morgan fingerprint density at radius 1 is 1.67 bits per heavy atom. The van der Waals surface area contributed by atoms with E-state index >= 15 is 0 Å². The van der Waals surface area contributed by atoms with E-state index in [4.69, 9.17) is 9.84 Å². The number of benzene rings is 1. The second kappa shape index (κ2) is 3.22. The molecule has 2 rings (SSSR count). The molecular formula is C11H11FO3. The molecule has 1 atom stereocenters. The Hall–Kier alpha value is -1.58. The lowest BCUT2D eigenvalue weighted by Gasteiger charge is -2.21. The molecule has 15 heavy (non-hydrogen) atoms. The van der Waals surface area contributed by atoms with E-state index in [1.54, 1.807) is 19.1 Å². The molecule has 1 aliphatic rings. The number of rotatable bonds is 2. The molecule has 0 saturated heterocycles. The van der Waals surface area contributed by atoms with Crippen LogP contribution in [0.15, 0.2) is 18.2 Å². The van der Waals surface area contributed by atoms with Crippen LogP contribution in [0.5, 0.6) is 5.75 Å². The van der Waals surface area contributed by atoms with Gasteiger partial charge in [0.1, 0.15) is 17.2 Å². The number of ether oxygens (including phenoxy) is 1. The summed E-state index contributed by atoms with van der Waals surface area (Å²) in [4.78, 5) is 10.6. The van der Waals surface area contributed by atoms with E-state index in [1.165, 1.54) is 6.07 Å². The number of halogens is 1. The van der Waals surface area contributed by atoms with Crippen molar-refractivity contribution in [3.05, 3.63) is 29.6 Å². The molecule has 0 aromatic heterocycles. The zero-order valence-corrected chi connectivity index (χ0v) is 8.29. The molecule has 0 saturated carbocycles. The van der Waals surface area contributed by atoms with Gasteiger partial charge < -0.3 is 9.84 Å². The highest BCUT2D eigenvalue weighted by atomic mass is 19.1. The normalized spacial score (nSPS) is 23.3. The molecule has 0 aliphatic carbocycles. The topological polar surface area (TPSA) is 46.5 Å². The average Bonchev–Trinajstić information content (AvgIpc) is 2.41.